The second kappa shape index (κ2) is 9.27. The molecule has 0 radical (unpaired) electrons. The SMILES string of the molecule is COC[C@H](C)NC(=O)CN(C)CC(=O)Nc1c(C)cccc1C. The van der Waals surface area contributed by atoms with E-state index in [4.69, 9.17) is 4.74 Å². The van der Waals surface area contributed by atoms with Crippen molar-refractivity contribution in [2.75, 3.05) is 39.2 Å². The summed E-state index contributed by atoms with van der Waals surface area (Å²) >= 11 is 0. The molecule has 1 aromatic carbocycles. The smallest absolute Gasteiger partial charge is 0.238 e. The third-order valence-corrected chi connectivity index (χ3v) is 3.40. The molecule has 1 rings (SSSR count). The largest absolute Gasteiger partial charge is 0.383 e. The van der Waals surface area contributed by atoms with Crippen molar-refractivity contribution in [1.82, 2.24) is 10.2 Å². The van der Waals surface area contributed by atoms with Gasteiger partial charge in [-0.2, -0.15) is 0 Å². The van der Waals surface area contributed by atoms with E-state index in [0.717, 1.165) is 16.8 Å². The van der Waals surface area contributed by atoms with Gasteiger partial charge in [0, 0.05) is 18.8 Å². The Labute approximate surface area is 138 Å². The number of ether oxygens (including phenoxy) is 1. The lowest BCUT2D eigenvalue weighted by Crippen LogP contribution is -2.43. The van der Waals surface area contributed by atoms with Gasteiger partial charge in [0.2, 0.25) is 11.8 Å². The molecule has 0 bridgehead atoms. The molecule has 0 spiro atoms. The van der Waals surface area contributed by atoms with Gasteiger partial charge in [0.1, 0.15) is 0 Å². The Morgan fingerprint density at radius 1 is 1.17 bits per heavy atom. The van der Waals surface area contributed by atoms with Gasteiger partial charge in [-0.3, -0.25) is 14.5 Å². The molecule has 6 heteroatoms. The molecule has 2 N–H and O–H groups in total. The molecule has 0 aliphatic heterocycles. The number of rotatable bonds is 8. The topological polar surface area (TPSA) is 70.7 Å². The fourth-order valence-corrected chi connectivity index (χ4v) is 2.35. The maximum Gasteiger partial charge on any atom is 0.238 e. The summed E-state index contributed by atoms with van der Waals surface area (Å²) in [5.74, 6) is -0.264. The van der Waals surface area contributed by atoms with E-state index in [1.165, 1.54) is 0 Å². The molecule has 128 valence electrons. The van der Waals surface area contributed by atoms with Crippen molar-refractivity contribution in [2.45, 2.75) is 26.8 Å². The molecule has 0 aliphatic carbocycles. The molecule has 0 unspecified atom stereocenters. The van der Waals surface area contributed by atoms with Crippen molar-refractivity contribution < 1.29 is 14.3 Å². The van der Waals surface area contributed by atoms with E-state index in [1.54, 1.807) is 19.1 Å². The molecular weight excluding hydrogens is 294 g/mol. The van der Waals surface area contributed by atoms with Crippen LogP contribution in [0.5, 0.6) is 0 Å². The Morgan fingerprint density at radius 2 is 1.74 bits per heavy atom. The van der Waals surface area contributed by atoms with E-state index in [1.807, 2.05) is 39.0 Å². The van der Waals surface area contributed by atoms with Crippen LogP contribution in [0.25, 0.3) is 0 Å². The van der Waals surface area contributed by atoms with Crippen LogP contribution in [0.4, 0.5) is 5.69 Å². The number of hydrogen-bond acceptors (Lipinski definition) is 4. The molecule has 0 saturated carbocycles. The van der Waals surface area contributed by atoms with Gasteiger partial charge in [0.15, 0.2) is 0 Å². The summed E-state index contributed by atoms with van der Waals surface area (Å²) in [7, 11) is 3.33. The summed E-state index contributed by atoms with van der Waals surface area (Å²) in [6.45, 7) is 6.56. The molecule has 2 amide bonds. The minimum absolute atomic E-state index is 0.0515. The minimum Gasteiger partial charge on any atom is -0.383 e. The van der Waals surface area contributed by atoms with Gasteiger partial charge in [-0.05, 0) is 38.9 Å². The minimum atomic E-state index is -0.136. The Hall–Kier alpha value is -1.92. The molecule has 1 aromatic rings. The number of anilines is 1. The van der Waals surface area contributed by atoms with Gasteiger partial charge in [0.25, 0.3) is 0 Å². The summed E-state index contributed by atoms with van der Waals surface area (Å²) in [4.78, 5) is 25.7. The number of para-hydroxylation sites is 1. The van der Waals surface area contributed by atoms with Gasteiger partial charge in [-0.25, -0.2) is 0 Å². The van der Waals surface area contributed by atoms with Crippen LogP contribution in [0.15, 0.2) is 18.2 Å². The predicted molar refractivity (Wildman–Crippen MR) is 91.5 cm³/mol. The monoisotopic (exact) mass is 321 g/mol. The van der Waals surface area contributed by atoms with Gasteiger partial charge in [-0.1, -0.05) is 18.2 Å². The molecule has 23 heavy (non-hydrogen) atoms. The molecule has 1 atom stereocenters. The fourth-order valence-electron chi connectivity index (χ4n) is 2.35. The Bertz CT molecular complexity index is 526. The van der Waals surface area contributed by atoms with Crippen molar-refractivity contribution in [1.29, 1.82) is 0 Å². The van der Waals surface area contributed by atoms with Crippen LogP contribution in [-0.2, 0) is 14.3 Å². The van der Waals surface area contributed by atoms with E-state index in [-0.39, 0.29) is 30.9 Å². The Balaban J connectivity index is 2.46. The number of carbonyl (C=O) groups is 2. The second-order valence-corrected chi connectivity index (χ2v) is 5.91. The zero-order valence-corrected chi connectivity index (χ0v) is 14.6. The molecule has 0 heterocycles. The first-order valence-electron chi connectivity index (χ1n) is 7.66. The highest BCUT2D eigenvalue weighted by Gasteiger charge is 2.14. The lowest BCUT2D eigenvalue weighted by Gasteiger charge is -2.19. The summed E-state index contributed by atoms with van der Waals surface area (Å²) in [6.07, 6.45) is 0. The van der Waals surface area contributed by atoms with E-state index >= 15 is 0 Å². The van der Waals surface area contributed by atoms with E-state index < -0.39 is 0 Å². The Morgan fingerprint density at radius 3 is 2.30 bits per heavy atom. The van der Waals surface area contributed by atoms with Crippen LogP contribution in [0.3, 0.4) is 0 Å². The third-order valence-electron chi connectivity index (χ3n) is 3.40. The fraction of sp³-hybridized carbons (Fsp3) is 0.529. The number of aryl methyl sites for hydroxylation is 2. The van der Waals surface area contributed by atoms with Crippen molar-refractivity contribution in [3.05, 3.63) is 29.3 Å². The molecule has 0 fully saturated rings. The van der Waals surface area contributed by atoms with Crippen LogP contribution in [-0.4, -0.2) is 56.6 Å². The maximum atomic E-state index is 12.1. The van der Waals surface area contributed by atoms with Crippen molar-refractivity contribution in [3.8, 4) is 0 Å². The molecular formula is C17H27N3O3. The van der Waals surface area contributed by atoms with E-state index in [9.17, 15) is 9.59 Å². The predicted octanol–water partition coefficient (Wildman–Crippen LogP) is 1.32. The number of nitrogens with one attached hydrogen (secondary N) is 2. The molecule has 0 aromatic heterocycles. The quantitative estimate of drug-likeness (QED) is 0.758. The van der Waals surface area contributed by atoms with Crippen LogP contribution in [0.2, 0.25) is 0 Å². The van der Waals surface area contributed by atoms with Gasteiger partial charge in [0.05, 0.1) is 19.7 Å². The lowest BCUT2D eigenvalue weighted by atomic mass is 10.1. The highest BCUT2D eigenvalue weighted by molar-refractivity contribution is 5.94. The summed E-state index contributed by atoms with van der Waals surface area (Å²) < 4.78 is 4.97. The number of nitrogens with zero attached hydrogens (tertiary/aromatic N) is 1. The van der Waals surface area contributed by atoms with Crippen LogP contribution in [0, 0.1) is 13.8 Å². The molecule has 0 saturated heterocycles. The highest BCUT2D eigenvalue weighted by atomic mass is 16.5. The van der Waals surface area contributed by atoms with Crippen LogP contribution >= 0.6 is 0 Å². The lowest BCUT2D eigenvalue weighted by molar-refractivity contribution is -0.123. The summed E-state index contributed by atoms with van der Waals surface area (Å²) in [5, 5.41) is 5.73. The average Bonchev–Trinajstić information content (AvgIpc) is 2.42. The average molecular weight is 321 g/mol. The summed E-state index contributed by atoms with van der Waals surface area (Å²) in [6, 6.07) is 5.82. The van der Waals surface area contributed by atoms with Gasteiger partial charge in [-0.15, -0.1) is 0 Å². The number of methoxy groups -OCH3 is 1. The van der Waals surface area contributed by atoms with Gasteiger partial charge >= 0.3 is 0 Å². The third kappa shape index (κ3) is 6.80. The molecule has 6 nitrogen and oxygen atoms in total. The van der Waals surface area contributed by atoms with E-state index in [2.05, 4.69) is 10.6 Å². The zero-order chi connectivity index (χ0) is 17.4. The standard InChI is InChI=1S/C17H27N3O3/c1-12-7-6-8-13(2)17(12)19-16(22)10-20(4)9-15(21)18-14(3)11-23-5/h6-8,14H,9-11H2,1-5H3,(H,18,21)(H,19,22)/t14-/m0/s1. The highest BCUT2D eigenvalue weighted by Crippen LogP contribution is 2.19. The second-order valence-electron chi connectivity index (χ2n) is 5.91. The number of amides is 2. The van der Waals surface area contributed by atoms with Crippen LogP contribution < -0.4 is 10.6 Å². The van der Waals surface area contributed by atoms with Gasteiger partial charge < -0.3 is 15.4 Å². The summed E-state index contributed by atoms with van der Waals surface area (Å²) in [5.41, 5.74) is 2.88. The van der Waals surface area contributed by atoms with Crippen molar-refractivity contribution in [3.63, 3.8) is 0 Å². The van der Waals surface area contributed by atoms with E-state index in [0.29, 0.717) is 6.61 Å². The molecule has 0 aliphatic rings. The number of hydrogen-bond donors (Lipinski definition) is 2. The number of likely N-dealkylation sites (N-methyl/N-ethyl adjacent to an activating group) is 1. The Kier molecular flexibility index (Phi) is 7.71. The van der Waals surface area contributed by atoms with Crippen molar-refractivity contribution >= 4 is 17.5 Å². The number of benzene rings is 1. The number of carbonyl (C=O) groups excluding carboxylic acids is 2. The van der Waals surface area contributed by atoms with Crippen LogP contribution in [0.1, 0.15) is 18.1 Å². The zero-order valence-electron chi connectivity index (χ0n) is 14.6. The first-order valence-corrected chi connectivity index (χ1v) is 7.66. The normalized spacial score (nSPS) is 12.1. The van der Waals surface area contributed by atoms with Crippen molar-refractivity contribution in [2.24, 2.45) is 0 Å². The maximum absolute atomic E-state index is 12.1. The first kappa shape index (κ1) is 19.1. The first-order chi connectivity index (χ1) is 10.8.